The summed E-state index contributed by atoms with van der Waals surface area (Å²) in [6.07, 6.45) is 11.0. The molecule has 11 heteroatoms. The Bertz CT molecular complexity index is 1520. The Hall–Kier alpha value is -5.42. The molecule has 41 heavy (non-hydrogen) atoms. The van der Waals surface area contributed by atoms with Crippen LogP contribution in [0.1, 0.15) is 48.1 Å². The van der Waals surface area contributed by atoms with Crippen molar-refractivity contribution in [1.29, 1.82) is 10.7 Å². The average Bonchev–Trinajstić information content (AvgIpc) is 2.99. The normalized spacial score (nSPS) is 11.7. The largest absolute Gasteiger partial charge is 0.383 e. The van der Waals surface area contributed by atoms with Crippen LogP contribution in [0.5, 0.6) is 0 Å². The van der Waals surface area contributed by atoms with Gasteiger partial charge in [0.1, 0.15) is 24.4 Å². The summed E-state index contributed by atoms with van der Waals surface area (Å²) >= 11 is 0. The van der Waals surface area contributed by atoms with E-state index >= 15 is 0 Å². The lowest BCUT2D eigenvalue weighted by atomic mass is 10.0. The molecule has 0 aliphatic carbocycles. The van der Waals surface area contributed by atoms with Crippen LogP contribution in [-0.4, -0.2) is 39.8 Å². The molecule has 0 aliphatic heterocycles. The number of hydrogen-bond acceptors (Lipinski definition) is 8. The summed E-state index contributed by atoms with van der Waals surface area (Å²) in [5.41, 5.74) is 9.37. The van der Waals surface area contributed by atoms with Crippen molar-refractivity contribution >= 4 is 23.8 Å². The first-order valence-corrected chi connectivity index (χ1v) is 12.3. The van der Waals surface area contributed by atoms with Crippen LogP contribution < -0.4 is 16.4 Å². The van der Waals surface area contributed by atoms with Gasteiger partial charge in [0.2, 0.25) is 0 Å². The van der Waals surface area contributed by atoms with Crippen LogP contribution in [0.15, 0.2) is 66.3 Å². The van der Waals surface area contributed by atoms with Crippen molar-refractivity contribution < 1.29 is 13.6 Å². The monoisotopic (exact) mass is 556 g/mol. The van der Waals surface area contributed by atoms with E-state index in [0.717, 1.165) is 29.0 Å². The highest BCUT2D eigenvalue weighted by Gasteiger charge is 2.18. The maximum Gasteiger partial charge on any atom is 0.274 e. The molecule has 0 spiro atoms. The molecule has 2 heterocycles. The van der Waals surface area contributed by atoms with Crippen LogP contribution in [-0.2, 0) is 6.54 Å². The number of pyridine rings is 1. The highest BCUT2D eigenvalue weighted by atomic mass is 19.2. The van der Waals surface area contributed by atoms with Gasteiger partial charge in [-0.15, -0.1) is 12.3 Å². The molecule has 3 rings (SSSR count). The van der Waals surface area contributed by atoms with Gasteiger partial charge in [-0.25, -0.2) is 23.7 Å². The molecule has 0 aliphatic rings. The summed E-state index contributed by atoms with van der Waals surface area (Å²) in [6.45, 7) is 4.11. The third-order valence-electron chi connectivity index (χ3n) is 5.64. The standard InChI is InChI=1S/C27H26F2N8O.C3H4/c1-16(3-8-22(29)10-28)17(2)36-27(38)24-26(35-15-23(12-31)37-24)34-13-18-4-6-19(7-5-18)21-9-20(11-30)25(32)33-14-21;1-3-2/h3-9,11,14-15,17,30H,10,13H2,1-2H3,(H2,32,33)(H,34,35)(H,36,38);1H,2H3/b16-3+,22-8+,30-11?;. The van der Waals surface area contributed by atoms with Crippen LogP contribution in [0.3, 0.4) is 0 Å². The number of hydrogen-bond donors (Lipinski definition) is 4. The van der Waals surface area contributed by atoms with E-state index in [1.54, 1.807) is 33.0 Å². The van der Waals surface area contributed by atoms with E-state index in [1.165, 1.54) is 12.3 Å². The molecular weight excluding hydrogens is 526 g/mol. The van der Waals surface area contributed by atoms with E-state index in [4.69, 9.17) is 11.1 Å². The lowest BCUT2D eigenvalue weighted by molar-refractivity contribution is 0.0940. The summed E-state index contributed by atoms with van der Waals surface area (Å²) in [4.78, 5) is 25.4. The van der Waals surface area contributed by atoms with Crippen LogP contribution in [0.25, 0.3) is 11.1 Å². The lowest BCUT2D eigenvalue weighted by Gasteiger charge is -2.16. The number of nitrogens with one attached hydrogen (secondary N) is 3. The second-order valence-corrected chi connectivity index (χ2v) is 8.60. The number of carbonyl (C=O) groups excluding carboxylic acids is 1. The van der Waals surface area contributed by atoms with Crippen molar-refractivity contribution in [2.45, 2.75) is 33.4 Å². The van der Waals surface area contributed by atoms with Crippen molar-refractivity contribution in [3.8, 4) is 29.5 Å². The van der Waals surface area contributed by atoms with Crippen molar-refractivity contribution in [1.82, 2.24) is 20.3 Å². The summed E-state index contributed by atoms with van der Waals surface area (Å²) < 4.78 is 25.4. The predicted octanol–water partition coefficient (Wildman–Crippen LogP) is 5.13. The lowest BCUT2D eigenvalue weighted by Crippen LogP contribution is -2.34. The van der Waals surface area contributed by atoms with Gasteiger partial charge in [-0.05, 0) is 44.0 Å². The highest BCUT2D eigenvalue weighted by Crippen LogP contribution is 2.22. The molecule has 0 saturated heterocycles. The van der Waals surface area contributed by atoms with E-state index in [0.29, 0.717) is 17.7 Å². The third kappa shape index (κ3) is 9.37. The summed E-state index contributed by atoms with van der Waals surface area (Å²) in [6, 6.07) is 10.7. The molecule has 210 valence electrons. The zero-order chi connectivity index (χ0) is 30.4. The Morgan fingerprint density at radius 1 is 1.22 bits per heavy atom. The first kappa shape index (κ1) is 31.8. The molecule has 1 aromatic carbocycles. The Morgan fingerprint density at radius 3 is 2.51 bits per heavy atom. The summed E-state index contributed by atoms with van der Waals surface area (Å²) in [5.74, 6) is 1.22. The minimum atomic E-state index is -1.21. The molecule has 9 nitrogen and oxygen atoms in total. The number of aromatic nitrogens is 3. The molecule has 1 unspecified atom stereocenters. The van der Waals surface area contributed by atoms with E-state index in [-0.39, 0.29) is 23.0 Å². The molecule has 0 bridgehead atoms. The second-order valence-electron chi connectivity index (χ2n) is 8.60. The minimum Gasteiger partial charge on any atom is -0.383 e. The topological polar surface area (TPSA) is 153 Å². The smallest absolute Gasteiger partial charge is 0.274 e. The number of nitrogens with zero attached hydrogens (tertiary/aromatic N) is 4. The maximum absolute atomic E-state index is 13.1. The molecule has 5 N–H and O–H groups in total. The number of nitrogens with two attached hydrogens (primary N) is 1. The van der Waals surface area contributed by atoms with Gasteiger partial charge in [0.15, 0.2) is 17.2 Å². The van der Waals surface area contributed by atoms with Gasteiger partial charge in [0.25, 0.3) is 5.91 Å². The zero-order valence-electron chi connectivity index (χ0n) is 22.9. The molecule has 3 aromatic rings. The van der Waals surface area contributed by atoms with Gasteiger partial charge in [-0.3, -0.25) is 4.79 Å². The predicted molar refractivity (Wildman–Crippen MR) is 156 cm³/mol. The molecule has 0 saturated carbocycles. The molecular formula is C30H30F2N8O. The van der Waals surface area contributed by atoms with Crippen LogP contribution >= 0.6 is 0 Å². The summed E-state index contributed by atoms with van der Waals surface area (Å²) in [5, 5.41) is 22.5. The Morgan fingerprint density at radius 2 is 1.90 bits per heavy atom. The number of carbonyl (C=O) groups is 1. The number of terminal acetylenes is 1. The van der Waals surface area contributed by atoms with E-state index < -0.39 is 24.5 Å². The molecule has 1 amide bonds. The number of alkyl halides is 1. The first-order valence-electron chi connectivity index (χ1n) is 12.3. The fraction of sp³-hybridized carbons (Fsp3) is 0.200. The molecule has 0 fully saturated rings. The molecule has 0 radical (unpaired) electrons. The van der Waals surface area contributed by atoms with E-state index in [2.05, 4.69) is 37.9 Å². The van der Waals surface area contributed by atoms with E-state index in [1.807, 2.05) is 30.3 Å². The molecule has 2 aromatic heterocycles. The second kappa shape index (κ2) is 15.9. The number of nitrogen functional groups attached to an aromatic ring is 1. The van der Waals surface area contributed by atoms with Crippen LogP contribution in [0.4, 0.5) is 20.4 Å². The number of amides is 1. The number of benzene rings is 1. The van der Waals surface area contributed by atoms with Gasteiger partial charge < -0.3 is 21.8 Å². The van der Waals surface area contributed by atoms with Gasteiger partial charge in [0, 0.05) is 36.1 Å². The first-order chi connectivity index (χ1) is 19.7. The third-order valence-corrected chi connectivity index (χ3v) is 5.64. The van der Waals surface area contributed by atoms with E-state index in [9.17, 15) is 18.8 Å². The Labute approximate surface area is 237 Å². The quantitative estimate of drug-likeness (QED) is 0.153. The van der Waals surface area contributed by atoms with Gasteiger partial charge in [0.05, 0.1) is 6.20 Å². The average molecular weight is 557 g/mol. The van der Waals surface area contributed by atoms with Crippen molar-refractivity contribution in [2.75, 3.05) is 17.7 Å². The van der Waals surface area contributed by atoms with Crippen molar-refractivity contribution in [2.24, 2.45) is 0 Å². The SMILES string of the molecule is C#CC.C/C(=C\C=C(\F)CF)C(C)NC(=O)c1nc(C#N)cnc1NCc1ccc(-c2cnc(N)c(C=N)c2)cc1. The van der Waals surface area contributed by atoms with Crippen molar-refractivity contribution in [3.05, 3.63) is 88.8 Å². The number of allylic oxidation sites excluding steroid dienone is 3. The van der Waals surface area contributed by atoms with Crippen molar-refractivity contribution in [3.63, 3.8) is 0 Å². The summed E-state index contributed by atoms with van der Waals surface area (Å²) in [7, 11) is 0. The van der Waals surface area contributed by atoms with Crippen LogP contribution in [0.2, 0.25) is 0 Å². The number of halogens is 2. The fourth-order valence-electron chi connectivity index (χ4n) is 3.29. The molecule has 1 atom stereocenters. The number of rotatable bonds is 10. The van der Waals surface area contributed by atoms with Crippen LogP contribution in [0, 0.1) is 29.1 Å². The van der Waals surface area contributed by atoms with Gasteiger partial charge in [-0.1, -0.05) is 35.9 Å². The minimum absolute atomic E-state index is 0.0284. The number of anilines is 2. The zero-order valence-corrected chi connectivity index (χ0v) is 22.9. The fourth-order valence-corrected chi connectivity index (χ4v) is 3.29. The van der Waals surface area contributed by atoms with Gasteiger partial charge >= 0.3 is 0 Å². The Balaban J connectivity index is 0.00000187. The maximum atomic E-state index is 13.1. The van der Waals surface area contributed by atoms with Gasteiger partial charge in [-0.2, -0.15) is 5.26 Å². The Kier molecular flexibility index (Phi) is 12.3. The highest BCUT2D eigenvalue weighted by molar-refractivity contribution is 5.97. The number of nitriles is 1.